The Morgan fingerprint density at radius 1 is 1.24 bits per heavy atom. The number of para-hydroxylation sites is 1. The van der Waals surface area contributed by atoms with Gasteiger partial charge in [0.05, 0.1) is 12.3 Å². The molecule has 1 amide bonds. The lowest BCUT2D eigenvalue weighted by Gasteiger charge is -2.32. The van der Waals surface area contributed by atoms with E-state index >= 15 is 0 Å². The van der Waals surface area contributed by atoms with Crippen molar-refractivity contribution in [2.75, 3.05) is 25.0 Å². The van der Waals surface area contributed by atoms with Crippen molar-refractivity contribution in [3.05, 3.63) is 59.6 Å². The molecule has 2 aromatic heterocycles. The minimum absolute atomic E-state index is 0.00586. The molecule has 1 saturated heterocycles. The summed E-state index contributed by atoms with van der Waals surface area (Å²) in [4.78, 5) is 17.7. The van der Waals surface area contributed by atoms with Gasteiger partial charge in [-0.05, 0) is 18.6 Å². The standard InChI is InChI=1S/C22H19F5N4O2/c23-21(24)6-3-7-31(12-21)20(32)17-8-16(30-11-22(25,26)27)14(9-29-17)19(28)15-10-33-18-5-2-1-4-13(15)18/h1-2,4-5,8-10,28H,3,6-7,11-12H2,(H,29,30). The van der Waals surface area contributed by atoms with Crippen molar-refractivity contribution in [2.45, 2.75) is 24.9 Å². The van der Waals surface area contributed by atoms with Crippen LogP contribution < -0.4 is 5.32 Å². The number of hydrogen-bond acceptors (Lipinski definition) is 5. The van der Waals surface area contributed by atoms with E-state index in [0.717, 1.165) is 17.2 Å². The van der Waals surface area contributed by atoms with Crippen molar-refractivity contribution in [3.8, 4) is 0 Å². The van der Waals surface area contributed by atoms with E-state index in [-0.39, 0.29) is 42.0 Å². The second-order valence-electron chi connectivity index (χ2n) is 7.79. The number of carbonyl (C=O) groups excluding carboxylic acids is 1. The second-order valence-corrected chi connectivity index (χ2v) is 7.79. The molecule has 3 aromatic rings. The van der Waals surface area contributed by atoms with Crippen LogP contribution in [0.4, 0.5) is 27.6 Å². The molecule has 1 fully saturated rings. The molecule has 0 saturated carbocycles. The number of amides is 1. The summed E-state index contributed by atoms with van der Waals surface area (Å²) in [6, 6.07) is 7.91. The van der Waals surface area contributed by atoms with Crippen molar-refractivity contribution in [3.63, 3.8) is 0 Å². The first-order valence-corrected chi connectivity index (χ1v) is 10.1. The van der Waals surface area contributed by atoms with E-state index in [2.05, 4.69) is 10.3 Å². The Kier molecular flexibility index (Phi) is 5.81. The second kappa shape index (κ2) is 8.45. The van der Waals surface area contributed by atoms with E-state index in [0.29, 0.717) is 16.5 Å². The van der Waals surface area contributed by atoms with Gasteiger partial charge in [-0.2, -0.15) is 13.2 Å². The Morgan fingerprint density at radius 2 is 2.00 bits per heavy atom. The number of anilines is 1. The highest BCUT2D eigenvalue weighted by Gasteiger charge is 2.38. The molecule has 11 heteroatoms. The number of nitrogens with zero attached hydrogens (tertiary/aromatic N) is 2. The van der Waals surface area contributed by atoms with Crippen LogP contribution in [0.15, 0.2) is 47.2 Å². The number of furan rings is 1. The molecule has 6 nitrogen and oxygen atoms in total. The molecule has 0 spiro atoms. The fourth-order valence-electron chi connectivity index (χ4n) is 3.73. The number of aromatic nitrogens is 1. The molecule has 0 radical (unpaired) electrons. The number of halogens is 5. The van der Waals surface area contributed by atoms with Gasteiger partial charge in [-0.15, -0.1) is 0 Å². The molecule has 1 aromatic carbocycles. The molecule has 4 rings (SSSR count). The lowest BCUT2D eigenvalue weighted by molar-refractivity contribution is -0.115. The third kappa shape index (κ3) is 4.96. The van der Waals surface area contributed by atoms with Crippen LogP contribution in [0.1, 0.15) is 34.5 Å². The Labute approximate surface area is 184 Å². The molecule has 0 bridgehead atoms. The van der Waals surface area contributed by atoms with Crippen molar-refractivity contribution < 1.29 is 31.2 Å². The number of likely N-dealkylation sites (tertiary alicyclic amines) is 1. The topological polar surface area (TPSA) is 82.2 Å². The lowest BCUT2D eigenvalue weighted by Crippen LogP contribution is -2.45. The first kappa shape index (κ1) is 22.7. The number of hydrogen-bond donors (Lipinski definition) is 2. The fourth-order valence-corrected chi connectivity index (χ4v) is 3.73. The van der Waals surface area contributed by atoms with Crippen LogP contribution >= 0.6 is 0 Å². The van der Waals surface area contributed by atoms with Gasteiger partial charge in [-0.3, -0.25) is 15.2 Å². The number of benzene rings is 1. The van der Waals surface area contributed by atoms with Gasteiger partial charge in [0.15, 0.2) is 0 Å². The zero-order chi connectivity index (χ0) is 23.8. The molecule has 0 aliphatic carbocycles. The summed E-state index contributed by atoms with van der Waals surface area (Å²) < 4.78 is 71.5. The summed E-state index contributed by atoms with van der Waals surface area (Å²) in [5.41, 5.74) is 0.215. The summed E-state index contributed by atoms with van der Waals surface area (Å²) in [5.74, 6) is -3.84. The largest absolute Gasteiger partial charge is 0.464 e. The average Bonchev–Trinajstić information content (AvgIpc) is 3.19. The van der Waals surface area contributed by atoms with Crippen molar-refractivity contribution in [1.29, 1.82) is 5.41 Å². The number of alkyl halides is 5. The van der Waals surface area contributed by atoms with E-state index in [9.17, 15) is 26.7 Å². The smallest absolute Gasteiger partial charge is 0.405 e. The van der Waals surface area contributed by atoms with Crippen LogP contribution in [-0.4, -0.2) is 53.2 Å². The maximum absolute atomic E-state index is 13.7. The maximum atomic E-state index is 13.7. The Bertz CT molecular complexity index is 1200. The van der Waals surface area contributed by atoms with Gasteiger partial charge in [0.25, 0.3) is 11.8 Å². The quantitative estimate of drug-likeness (QED) is 0.406. The van der Waals surface area contributed by atoms with Crippen LogP contribution in [0.3, 0.4) is 0 Å². The molecule has 0 atom stereocenters. The number of fused-ring (bicyclic) bond motifs is 1. The van der Waals surface area contributed by atoms with Gasteiger partial charge in [-0.1, -0.05) is 18.2 Å². The Balaban J connectivity index is 1.69. The molecule has 3 heterocycles. The lowest BCUT2D eigenvalue weighted by atomic mass is 10.0. The molecular weight excluding hydrogens is 447 g/mol. The van der Waals surface area contributed by atoms with Crippen LogP contribution in [0, 0.1) is 5.41 Å². The van der Waals surface area contributed by atoms with Gasteiger partial charge in [0.1, 0.15) is 24.1 Å². The highest BCUT2D eigenvalue weighted by Crippen LogP contribution is 2.30. The van der Waals surface area contributed by atoms with Crippen LogP contribution in [0.2, 0.25) is 0 Å². The Hall–Kier alpha value is -3.50. The molecule has 33 heavy (non-hydrogen) atoms. The monoisotopic (exact) mass is 466 g/mol. The zero-order valence-corrected chi connectivity index (χ0v) is 17.2. The van der Waals surface area contributed by atoms with Gasteiger partial charge in [0.2, 0.25) is 0 Å². The number of pyridine rings is 1. The summed E-state index contributed by atoms with van der Waals surface area (Å²) in [6.45, 7) is -2.10. The number of piperidine rings is 1. The SMILES string of the molecule is N=C(c1cnc(C(=O)N2CCCC(F)(F)C2)cc1NCC(F)(F)F)c1coc2ccccc12. The molecule has 1 aliphatic rings. The Morgan fingerprint density at radius 3 is 2.73 bits per heavy atom. The zero-order valence-electron chi connectivity index (χ0n) is 17.2. The summed E-state index contributed by atoms with van der Waals surface area (Å²) in [7, 11) is 0. The van der Waals surface area contributed by atoms with Crippen molar-refractivity contribution in [1.82, 2.24) is 9.88 Å². The van der Waals surface area contributed by atoms with E-state index in [1.54, 1.807) is 24.3 Å². The van der Waals surface area contributed by atoms with Crippen LogP contribution in [0.25, 0.3) is 11.0 Å². The van der Waals surface area contributed by atoms with E-state index in [4.69, 9.17) is 9.83 Å². The molecule has 2 N–H and O–H groups in total. The average molecular weight is 466 g/mol. The van der Waals surface area contributed by atoms with Crippen molar-refractivity contribution >= 4 is 28.3 Å². The minimum Gasteiger partial charge on any atom is -0.464 e. The van der Waals surface area contributed by atoms with Gasteiger partial charge in [0, 0.05) is 41.4 Å². The molecular formula is C22H19F5N4O2. The highest BCUT2D eigenvalue weighted by atomic mass is 19.4. The molecule has 1 aliphatic heterocycles. The minimum atomic E-state index is -4.57. The first-order valence-electron chi connectivity index (χ1n) is 10.1. The summed E-state index contributed by atoms with van der Waals surface area (Å²) in [6.07, 6.45) is -2.39. The van der Waals surface area contributed by atoms with Crippen molar-refractivity contribution in [2.24, 2.45) is 0 Å². The normalized spacial score (nSPS) is 16.1. The fraction of sp³-hybridized carbons (Fsp3) is 0.318. The van der Waals surface area contributed by atoms with Crippen LogP contribution in [-0.2, 0) is 0 Å². The van der Waals surface area contributed by atoms with Gasteiger partial charge >= 0.3 is 6.18 Å². The number of rotatable bonds is 5. The van der Waals surface area contributed by atoms with Gasteiger partial charge < -0.3 is 14.6 Å². The number of nitrogens with one attached hydrogen (secondary N) is 2. The third-order valence-electron chi connectivity index (χ3n) is 5.30. The predicted octanol–water partition coefficient (Wildman–Crippen LogP) is 5.09. The predicted molar refractivity (Wildman–Crippen MR) is 111 cm³/mol. The van der Waals surface area contributed by atoms with E-state index < -0.39 is 31.1 Å². The maximum Gasteiger partial charge on any atom is 0.405 e. The highest BCUT2D eigenvalue weighted by molar-refractivity contribution is 6.19. The third-order valence-corrected chi connectivity index (χ3v) is 5.30. The van der Waals surface area contributed by atoms with E-state index in [1.165, 1.54) is 6.26 Å². The van der Waals surface area contributed by atoms with E-state index in [1.807, 2.05) is 0 Å². The first-order chi connectivity index (χ1) is 15.5. The number of carbonyl (C=O) groups is 1. The molecule has 174 valence electrons. The molecule has 0 unspecified atom stereocenters. The summed E-state index contributed by atoms with van der Waals surface area (Å²) in [5, 5.41) is 11.3. The van der Waals surface area contributed by atoms with Gasteiger partial charge in [-0.25, -0.2) is 8.78 Å². The van der Waals surface area contributed by atoms with Crippen LogP contribution in [0.5, 0.6) is 0 Å². The summed E-state index contributed by atoms with van der Waals surface area (Å²) >= 11 is 0.